The van der Waals surface area contributed by atoms with E-state index in [1.54, 1.807) is 12.0 Å². The third-order valence-electron chi connectivity index (χ3n) is 5.60. The Bertz CT molecular complexity index is 628. The number of carbonyl (C=O) groups is 2. The molecule has 1 aromatic rings. The van der Waals surface area contributed by atoms with Crippen molar-refractivity contribution in [3.63, 3.8) is 0 Å². The van der Waals surface area contributed by atoms with Crippen molar-refractivity contribution in [3.8, 4) is 5.75 Å². The molecule has 0 bridgehead atoms. The van der Waals surface area contributed by atoms with E-state index in [0.29, 0.717) is 18.8 Å². The molecule has 0 unspecified atom stereocenters. The van der Waals surface area contributed by atoms with Gasteiger partial charge in [0.2, 0.25) is 11.8 Å². The molecule has 2 saturated heterocycles. The molecule has 2 aliphatic rings. The molecule has 0 radical (unpaired) electrons. The Kier molecular flexibility index (Phi) is 5.30. The molecule has 3 rings (SSSR count). The Hall–Kier alpha value is -2.04. The Labute approximate surface area is 149 Å². The van der Waals surface area contributed by atoms with Crippen LogP contribution in [0.4, 0.5) is 0 Å². The second-order valence-corrected chi connectivity index (χ2v) is 7.40. The van der Waals surface area contributed by atoms with Crippen molar-refractivity contribution in [1.29, 1.82) is 0 Å². The molecule has 0 N–H and O–H groups in total. The van der Waals surface area contributed by atoms with Crippen LogP contribution in [-0.4, -0.2) is 48.9 Å². The lowest BCUT2D eigenvalue weighted by Crippen LogP contribution is -2.49. The number of carbonyl (C=O) groups excluding carboxylic acids is 2. The maximum Gasteiger partial charge on any atom is 0.228 e. The Morgan fingerprint density at radius 3 is 2.56 bits per heavy atom. The number of hydrogen-bond donors (Lipinski definition) is 0. The van der Waals surface area contributed by atoms with Gasteiger partial charge in [0.1, 0.15) is 5.75 Å². The minimum absolute atomic E-state index is 0.108. The summed E-state index contributed by atoms with van der Waals surface area (Å²) in [6.45, 7) is 3.88. The number of ether oxygens (including phenoxy) is 1. The summed E-state index contributed by atoms with van der Waals surface area (Å²) in [5.41, 5.74) is 1.000. The van der Waals surface area contributed by atoms with Crippen molar-refractivity contribution in [2.45, 2.75) is 38.6 Å². The largest absolute Gasteiger partial charge is 0.497 e. The van der Waals surface area contributed by atoms with E-state index in [0.717, 1.165) is 30.8 Å². The van der Waals surface area contributed by atoms with E-state index in [2.05, 4.69) is 6.92 Å². The number of likely N-dealkylation sites (tertiary alicyclic amines) is 2. The molecular weight excluding hydrogens is 316 g/mol. The van der Waals surface area contributed by atoms with Crippen LogP contribution in [0.25, 0.3) is 0 Å². The molecule has 0 aliphatic carbocycles. The Morgan fingerprint density at radius 1 is 1.20 bits per heavy atom. The maximum absolute atomic E-state index is 13.2. The summed E-state index contributed by atoms with van der Waals surface area (Å²) < 4.78 is 5.23. The van der Waals surface area contributed by atoms with Gasteiger partial charge in [-0.05, 0) is 42.9 Å². The number of methoxy groups -OCH3 is 1. The van der Waals surface area contributed by atoms with Crippen molar-refractivity contribution in [2.75, 3.05) is 27.2 Å². The summed E-state index contributed by atoms with van der Waals surface area (Å²) in [6.07, 6.45) is 3.34. The van der Waals surface area contributed by atoms with Gasteiger partial charge in [-0.2, -0.15) is 0 Å². The monoisotopic (exact) mass is 344 g/mol. The van der Waals surface area contributed by atoms with Gasteiger partial charge in [-0.1, -0.05) is 19.1 Å². The van der Waals surface area contributed by atoms with Crippen LogP contribution in [-0.2, 0) is 9.59 Å². The summed E-state index contributed by atoms with van der Waals surface area (Å²) in [5.74, 6) is 1.48. The van der Waals surface area contributed by atoms with Gasteiger partial charge in [0.15, 0.2) is 0 Å². The van der Waals surface area contributed by atoms with Gasteiger partial charge >= 0.3 is 0 Å². The fourth-order valence-electron chi connectivity index (χ4n) is 4.18. The fourth-order valence-corrected chi connectivity index (χ4v) is 4.18. The lowest BCUT2D eigenvalue weighted by Gasteiger charge is -2.42. The molecule has 1 aromatic carbocycles. The molecule has 0 aromatic heterocycles. The van der Waals surface area contributed by atoms with E-state index in [1.165, 1.54) is 6.42 Å². The first-order valence-electron chi connectivity index (χ1n) is 9.19. The summed E-state index contributed by atoms with van der Waals surface area (Å²) in [7, 11) is 3.45. The highest BCUT2D eigenvalue weighted by molar-refractivity contribution is 5.85. The van der Waals surface area contributed by atoms with E-state index in [9.17, 15) is 9.59 Å². The summed E-state index contributed by atoms with van der Waals surface area (Å²) in [6, 6.07) is 7.53. The SMILES string of the molecule is COc1ccc([C@@H]2[C@H](C(=O)N3CCC[C@H](C)C3)CCC(=O)N2C)cc1. The number of amides is 2. The zero-order chi connectivity index (χ0) is 18.0. The van der Waals surface area contributed by atoms with Crippen molar-refractivity contribution in [3.05, 3.63) is 29.8 Å². The van der Waals surface area contributed by atoms with Crippen LogP contribution < -0.4 is 4.74 Å². The van der Waals surface area contributed by atoms with Gasteiger partial charge in [0, 0.05) is 26.6 Å². The number of piperidine rings is 2. The van der Waals surface area contributed by atoms with Gasteiger partial charge in [-0.15, -0.1) is 0 Å². The van der Waals surface area contributed by atoms with Crippen molar-refractivity contribution in [1.82, 2.24) is 9.80 Å². The van der Waals surface area contributed by atoms with E-state index in [1.807, 2.05) is 36.2 Å². The fraction of sp³-hybridized carbons (Fsp3) is 0.600. The van der Waals surface area contributed by atoms with Crippen molar-refractivity contribution >= 4 is 11.8 Å². The third kappa shape index (κ3) is 3.65. The van der Waals surface area contributed by atoms with E-state index < -0.39 is 0 Å². The first kappa shape index (κ1) is 17.8. The van der Waals surface area contributed by atoms with Crippen LogP contribution in [0, 0.1) is 11.8 Å². The third-order valence-corrected chi connectivity index (χ3v) is 5.60. The lowest BCUT2D eigenvalue weighted by molar-refractivity contribution is -0.147. The average molecular weight is 344 g/mol. The van der Waals surface area contributed by atoms with Crippen LogP contribution in [0.5, 0.6) is 5.75 Å². The van der Waals surface area contributed by atoms with Gasteiger partial charge in [-0.25, -0.2) is 0 Å². The first-order valence-corrected chi connectivity index (χ1v) is 9.19. The Balaban J connectivity index is 1.86. The maximum atomic E-state index is 13.2. The quantitative estimate of drug-likeness (QED) is 0.847. The Morgan fingerprint density at radius 2 is 1.92 bits per heavy atom. The standard InChI is InChI=1S/C20H28N2O3/c1-14-5-4-12-22(13-14)20(24)17-10-11-18(23)21(2)19(17)15-6-8-16(25-3)9-7-15/h6-9,14,17,19H,4-5,10-13H2,1-3H3/t14-,17+,19+/m0/s1. The highest BCUT2D eigenvalue weighted by Crippen LogP contribution is 2.38. The molecule has 3 atom stereocenters. The lowest BCUT2D eigenvalue weighted by atomic mass is 9.83. The molecular formula is C20H28N2O3. The molecule has 2 heterocycles. The van der Waals surface area contributed by atoms with Crippen LogP contribution in [0.2, 0.25) is 0 Å². The molecule has 5 heteroatoms. The number of nitrogens with zero attached hydrogens (tertiary/aromatic N) is 2. The smallest absolute Gasteiger partial charge is 0.228 e. The normalized spacial score (nSPS) is 27.3. The van der Waals surface area contributed by atoms with Crippen molar-refractivity contribution < 1.29 is 14.3 Å². The topological polar surface area (TPSA) is 49.9 Å². The van der Waals surface area contributed by atoms with Gasteiger partial charge in [0.25, 0.3) is 0 Å². The molecule has 2 amide bonds. The molecule has 0 spiro atoms. The first-order chi connectivity index (χ1) is 12.0. The average Bonchev–Trinajstić information content (AvgIpc) is 2.63. The highest BCUT2D eigenvalue weighted by atomic mass is 16.5. The highest BCUT2D eigenvalue weighted by Gasteiger charge is 2.41. The predicted octanol–water partition coefficient (Wildman–Crippen LogP) is 2.86. The number of benzene rings is 1. The molecule has 0 saturated carbocycles. The summed E-state index contributed by atoms with van der Waals surface area (Å²) in [5, 5.41) is 0. The van der Waals surface area contributed by atoms with Gasteiger partial charge in [0.05, 0.1) is 19.1 Å². The van der Waals surface area contributed by atoms with E-state index in [-0.39, 0.29) is 23.8 Å². The zero-order valence-electron chi connectivity index (χ0n) is 15.4. The van der Waals surface area contributed by atoms with Gasteiger partial charge < -0.3 is 14.5 Å². The molecule has 2 fully saturated rings. The molecule has 25 heavy (non-hydrogen) atoms. The number of hydrogen-bond acceptors (Lipinski definition) is 3. The van der Waals surface area contributed by atoms with Crippen LogP contribution in [0.3, 0.4) is 0 Å². The molecule has 2 aliphatic heterocycles. The van der Waals surface area contributed by atoms with Crippen molar-refractivity contribution in [2.24, 2.45) is 11.8 Å². The summed E-state index contributed by atoms with van der Waals surface area (Å²) in [4.78, 5) is 29.3. The van der Waals surface area contributed by atoms with Gasteiger partial charge in [-0.3, -0.25) is 9.59 Å². The molecule has 5 nitrogen and oxygen atoms in total. The minimum atomic E-state index is -0.197. The minimum Gasteiger partial charge on any atom is -0.497 e. The second kappa shape index (κ2) is 7.46. The van der Waals surface area contributed by atoms with E-state index >= 15 is 0 Å². The van der Waals surface area contributed by atoms with Crippen LogP contribution in [0.1, 0.15) is 44.2 Å². The zero-order valence-corrected chi connectivity index (χ0v) is 15.4. The van der Waals surface area contributed by atoms with Crippen LogP contribution >= 0.6 is 0 Å². The van der Waals surface area contributed by atoms with Crippen LogP contribution in [0.15, 0.2) is 24.3 Å². The van der Waals surface area contributed by atoms with E-state index in [4.69, 9.17) is 4.74 Å². The second-order valence-electron chi connectivity index (χ2n) is 7.40. The summed E-state index contributed by atoms with van der Waals surface area (Å²) >= 11 is 0. The predicted molar refractivity (Wildman–Crippen MR) is 96.2 cm³/mol. The molecule has 136 valence electrons. The number of rotatable bonds is 3.